The Kier molecular flexibility index (Phi) is 5.70. The van der Waals surface area contributed by atoms with Crippen molar-refractivity contribution in [2.24, 2.45) is 0 Å². The van der Waals surface area contributed by atoms with Crippen LogP contribution in [0.2, 0.25) is 0 Å². The molecule has 0 amide bonds. The molecule has 6 nitrogen and oxygen atoms in total. The van der Waals surface area contributed by atoms with Crippen LogP contribution in [0.15, 0.2) is 52.9 Å². The minimum atomic E-state index is -0.783. The average Bonchev–Trinajstić information content (AvgIpc) is 3.42. The van der Waals surface area contributed by atoms with Crippen LogP contribution in [0.3, 0.4) is 0 Å². The second-order valence-electron chi connectivity index (χ2n) is 7.74. The van der Waals surface area contributed by atoms with E-state index in [9.17, 15) is 9.90 Å². The van der Waals surface area contributed by atoms with Gasteiger partial charge in [0.05, 0.1) is 12.0 Å². The van der Waals surface area contributed by atoms with Gasteiger partial charge in [-0.25, -0.2) is 4.98 Å². The summed E-state index contributed by atoms with van der Waals surface area (Å²) in [5.74, 6) is 0.124. The number of benzene rings is 2. The number of carboxylic acids is 1. The summed E-state index contributed by atoms with van der Waals surface area (Å²) in [5.41, 5.74) is 4.89. The van der Waals surface area contributed by atoms with E-state index in [2.05, 4.69) is 4.98 Å². The van der Waals surface area contributed by atoms with Crippen LogP contribution in [0.1, 0.15) is 53.4 Å². The number of hydrogen-bond donors (Lipinski definition) is 1. The average molecular weight is 406 g/mol. The largest absolute Gasteiger partial charge is 0.481 e. The molecule has 0 radical (unpaired) electrons. The molecule has 0 bridgehead atoms. The van der Waals surface area contributed by atoms with Gasteiger partial charge in [-0.2, -0.15) is 5.06 Å². The Bertz CT molecular complexity index is 1020. The zero-order valence-electron chi connectivity index (χ0n) is 17.5. The van der Waals surface area contributed by atoms with Gasteiger partial charge in [0.15, 0.2) is 0 Å². The molecule has 1 aromatic heterocycles. The summed E-state index contributed by atoms with van der Waals surface area (Å²) in [6, 6.07) is 16.1. The van der Waals surface area contributed by atoms with Crippen LogP contribution in [0.4, 0.5) is 0 Å². The van der Waals surface area contributed by atoms with Gasteiger partial charge in [-0.1, -0.05) is 48.9 Å². The van der Waals surface area contributed by atoms with Gasteiger partial charge in [-0.3, -0.25) is 9.63 Å². The third-order valence-electron chi connectivity index (χ3n) is 5.56. The maximum atomic E-state index is 11.3. The summed E-state index contributed by atoms with van der Waals surface area (Å²) in [6.45, 7) is 6.99. The maximum absolute atomic E-state index is 11.3. The van der Waals surface area contributed by atoms with E-state index in [4.69, 9.17) is 9.25 Å². The second kappa shape index (κ2) is 8.42. The molecule has 1 fully saturated rings. The van der Waals surface area contributed by atoms with Gasteiger partial charge < -0.3 is 9.52 Å². The Morgan fingerprint density at radius 2 is 1.90 bits per heavy atom. The van der Waals surface area contributed by atoms with Crippen LogP contribution < -0.4 is 0 Å². The van der Waals surface area contributed by atoms with Crippen molar-refractivity contribution in [3.05, 3.63) is 76.7 Å². The number of aromatic nitrogens is 1. The number of aliphatic carboxylic acids is 1. The van der Waals surface area contributed by atoms with E-state index in [1.165, 1.54) is 5.56 Å². The molecule has 0 spiro atoms. The first kappa shape index (κ1) is 20.3. The van der Waals surface area contributed by atoms with Gasteiger partial charge in [0, 0.05) is 12.1 Å². The van der Waals surface area contributed by atoms with Crippen LogP contribution in [-0.4, -0.2) is 27.7 Å². The number of carbonyl (C=O) groups is 1. The molecular formula is C24H26N2O4. The molecule has 30 heavy (non-hydrogen) atoms. The zero-order valence-corrected chi connectivity index (χ0v) is 17.5. The van der Waals surface area contributed by atoms with Crippen LogP contribution in [0, 0.1) is 13.8 Å². The molecule has 1 N–H and O–H groups in total. The molecule has 3 aromatic rings. The molecule has 156 valence electrons. The first-order chi connectivity index (χ1) is 14.5. The minimum absolute atomic E-state index is 0.188. The lowest BCUT2D eigenvalue weighted by Gasteiger charge is -2.11. The molecule has 1 aliphatic rings. The quantitative estimate of drug-likeness (QED) is 0.529. The molecule has 4 rings (SSSR count). The monoisotopic (exact) mass is 406 g/mol. The highest BCUT2D eigenvalue weighted by molar-refractivity contribution is 5.76. The molecular weight excluding hydrogens is 380 g/mol. The fourth-order valence-corrected chi connectivity index (χ4v) is 3.57. The van der Waals surface area contributed by atoms with E-state index in [0.717, 1.165) is 34.7 Å². The molecule has 0 saturated carbocycles. The number of rotatable bonds is 8. The van der Waals surface area contributed by atoms with E-state index >= 15 is 0 Å². The molecule has 3 unspecified atom stereocenters. The summed E-state index contributed by atoms with van der Waals surface area (Å²) < 4.78 is 5.81. The van der Waals surface area contributed by atoms with E-state index in [0.29, 0.717) is 18.9 Å². The Morgan fingerprint density at radius 1 is 1.20 bits per heavy atom. The summed E-state index contributed by atoms with van der Waals surface area (Å²) in [5, 5.41) is 11.2. The Balaban J connectivity index is 1.35. The molecule has 1 saturated heterocycles. The second-order valence-corrected chi connectivity index (χ2v) is 7.74. The Morgan fingerprint density at radius 3 is 2.53 bits per heavy atom. The number of hydrogen-bond acceptors (Lipinski definition) is 5. The first-order valence-corrected chi connectivity index (χ1v) is 10.2. The summed E-state index contributed by atoms with van der Waals surface area (Å²) in [7, 11) is 0. The Labute approximate surface area is 176 Å². The van der Waals surface area contributed by atoms with Gasteiger partial charge in [-0.05, 0) is 43.5 Å². The third-order valence-corrected chi connectivity index (χ3v) is 5.56. The zero-order chi connectivity index (χ0) is 21.3. The highest BCUT2D eigenvalue weighted by Gasteiger charge is 2.37. The fourth-order valence-electron chi connectivity index (χ4n) is 3.57. The third kappa shape index (κ3) is 4.30. The topological polar surface area (TPSA) is 75.6 Å². The fraction of sp³-hybridized carbons (Fsp3) is 0.333. The van der Waals surface area contributed by atoms with Gasteiger partial charge >= 0.3 is 5.97 Å². The van der Waals surface area contributed by atoms with Crippen LogP contribution >= 0.6 is 0 Å². The van der Waals surface area contributed by atoms with Crippen molar-refractivity contribution < 1.29 is 19.2 Å². The highest BCUT2D eigenvalue weighted by atomic mass is 16.7. The lowest BCUT2D eigenvalue weighted by atomic mass is 9.95. The van der Waals surface area contributed by atoms with Gasteiger partial charge in [0.1, 0.15) is 18.1 Å². The predicted octanol–water partition coefficient (Wildman–Crippen LogP) is 5.03. The molecule has 2 aromatic carbocycles. The highest BCUT2D eigenvalue weighted by Crippen LogP contribution is 2.36. The van der Waals surface area contributed by atoms with Crippen LogP contribution in [0.5, 0.6) is 0 Å². The summed E-state index contributed by atoms with van der Waals surface area (Å²) in [4.78, 5) is 21.8. The minimum Gasteiger partial charge on any atom is -0.481 e. The molecule has 6 heteroatoms. The number of oxazole rings is 1. The van der Waals surface area contributed by atoms with Gasteiger partial charge in [0.2, 0.25) is 5.89 Å². The number of carboxylic acid groups (broad SMARTS) is 1. The van der Waals surface area contributed by atoms with Gasteiger partial charge in [-0.15, -0.1) is 0 Å². The molecule has 0 aliphatic carbocycles. The molecule has 1 aliphatic heterocycles. The van der Waals surface area contributed by atoms with Crippen molar-refractivity contribution in [2.45, 2.75) is 45.8 Å². The smallest absolute Gasteiger partial charge is 0.310 e. The lowest BCUT2D eigenvalue weighted by molar-refractivity contribution is -0.138. The van der Waals surface area contributed by atoms with Crippen LogP contribution in [-0.2, 0) is 16.2 Å². The summed E-state index contributed by atoms with van der Waals surface area (Å²) in [6.07, 6.45) is 0.578. The van der Waals surface area contributed by atoms with Crippen molar-refractivity contribution in [3.63, 3.8) is 0 Å². The van der Waals surface area contributed by atoms with E-state index in [1.807, 2.05) is 74.4 Å². The summed E-state index contributed by atoms with van der Waals surface area (Å²) >= 11 is 0. The van der Waals surface area contributed by atoms with Crippen molar-refractivity contribution in [1.82, 2.24) is 10.0 Å². The van der Waals surface area contributed by atoms with E-state index in [-0.39, 0.29) is 6.04 Å². The van der Waals surface area contributed by atoms with E-state index in [1.54, 1.807) is 0 Å². The lowest BCUT2D eigenvalue weighted by Crippen LogP contribution is -2.10. The van der Waals surface area contributed by atoms with Crippen molar-refractivity contribution in [1.29, 1.82) is 0 Å². The van der Waals surface area contributed by atoms with Gasteiger partial charge in [0.25, 0.3) is 0 Å². The standard InChI is InChI=1S/C24H26N2O4/c1-4-20(24(27)28)17-9-11-18(12-10-17)22-13-26(22)29-14-21-16(3)30-23(25-21)19-7-5-15(2)6-8-19/h5-12,20,22H,4,13-14H2,1-3H3,(H,27,28). The number of hydroxylamine groups is 2. The first-order valence-electron chi connectivity index (χ1n) is 10.2. The number of aryl methyl sites for hydroxylation is 2. The molecule has 2 heterocycles. The van der Waals surface area contributed by atoms with E-state index < -0.39 is 11.9 Å². The van der Waals surface area contributed by atoms with Crippen molar-refractivity contribution in [3.8, 4) is 11.5 Å². The predicted molar refractivity (Wildman–Crippen MR) is 113 cm³/mol. The maximum Gasteiger partial charge on any atom is 0.310 e. The molecule has 3 atom stereocenters. The van der Waals surface area contributed by atoms with Crippen molar-refractivity contribution in [2.75, 3.05) is 6.54 Å². The number of nitrogens with zero attached hydrogens (tertiary/aromatic N) is 2. The van der Waals surface area contributed by atoms with Crippen LogP contribution in [0.25, 0.3) is 11.5 Å². The van der Waals surface area contributed by atoms with Crippen molar-refractivity contribution >= 4 is 5.97 Å². The SMILES string of the molecule is CCC(C(=O)O)c1ccc(C2CN2OCc2nc(-c3ccc(C)cc3)oc2C)cc1. The normalized spacial score (nSPS) is 18.9. The Hall–Kier alpha value is -2.96.